The zero-order valence-electron chi connectivity index (χ0n) is 12.2. The first-order chi connectivity index (χ1) is 9.75. The molecule has 0 radical (unpaired) electrons. The van der Waals surface area contributed by atoms with Gasteiger partial charge in [0.05, 0.1) is 5.69 Å². The standard InChI is InChI=1S/C17H25FN2/c18-15-12-14(17(13-19)8-2-3-9-17)6-7-16(15)20-10-4-1-5-11-20/h6-7,12H,1-5,8-11,13,19H2. The Morgan fingerprint density at radius 2 is 1.75 bits per heavy atom. The molecule has 110 valence electrons. The van der Waals surface area contributed by atoms with Crippen molar-refractivity contribution < 1.29 is 4.39 Å². The zero-order valence-corrected chi connectivity index (χ0v) is 12.2. The van der Waals surface area contributed by atoms with Crippen molar-refractivity contribution in [2.24, 2.45) is 5.73 Å². The minimum absolute atomic E-state index is 0.0290. The highest BCUT2D eigenvalue weighted by Crippen LogP contribution is 2.41. The molecule has 3 heteroatoms. The molecule has 1 saturated heterocycles. The Balaban J connectivity index is 1.86. The summed E-state index contributed by atoms with van der Waals surface area (Å²) in [5.74, 6) is -0.0656. The molecule has 1 aliphatic carbocycles. The van der Waals surface area contributed by atoms with Crippen LogP contribution in [-0.2, 0) is 5.41 Å². The Morgan fingerprint density at radius 1 is 1.05 bits per heavy atom. The number of hydrogen-bond donors (Lipinski definition) is 1. The summed E-state index contributed by atoms with van der Waals surface area (Å²) in [5.41, 5.74) is 7.91. The van der Waals surface area contributed by atoms with E-state index in [1.165, 1.54) is 32.1 Å². The number of piperidine rings is 1. The highest BCUT2D eigenvalue weighted by Gasteiger charge is 2.34. The van der Waals surface area contributed by atoms with Crippen molar-refractivity contribution in [3.63, 3.8) is 0 Å². The number of nitrogens with zero attached hydrogens (tertiary/aromatic N) is 1. The average molecular weight is 276 g/mol. The van der Waals surface area contributed by atoms with Gasteiger partial charge in [0, 0.05) is 25.0 Å². The molecule has 1 aromatic carbocycles. The van der Waals surface area contributed by atoms with Crippen LogP contribution in [-0.4, -0.2) is 19.6 Å². The van der Waals surface area contributed by atoms with Gasteiger partial charge < -0.3 is 10.6 Å². The third-order valence-electron chi connectivity index (χ3n) is 5.21. The molecule has 20 heavy (non-hydrogen) atoms. The molecule has 2 N–H and O–H groups in total. The third kappa shape index (κ3) is 2.44. The first-order valence-corrected chi connectivity index (χ1v) is 8.00. The minimum atomic E-state index is -0.0656. The van der Waals surface area contributed by atoms with Gasteiger partial charge >= 0.3 is 0 Å². The lowest BCUT2D eigenvalue weighted by Gasteiger charge is -2.31. The van der Waals surface area contributed by atoms with Crippen LogP contribution in [0.1, 0.15) is 50.5 Å². The van der Waals surface area contributed by atoms with Gasteiger partial charge in [-0.1, -0.05) is 18.9 Å². The number of benzene rings is 1. The molecule has 2 aliphatic rings. The van der Waals surface area contributed by atoms with Gasteiger partial charge in [0.2, 0.25) is 0 Å². The van der Waals surface area contributed by atoms with Crippen molar-refractivity contribution in [1.29, 1.82) is 0 Å². The molecule has 1 heterocycles. The summed E-state index contributed by atoms with van der Waals surface area (Å²) in [6.07, 6.45) is 8.26. The Bertz CT molecular complexity index is 460. The van der Waals surface area contributed by atoms with Crippen molar-refractivity contribution in [3.8, 4) is 0 Å². The molecule has 1 aromatic rings. The quantitative estimate of drug-likeness (QED) is 0.914. The summed E-state index contributed by atoms with van der Waals surface area (Å²) in [6, 6.07) is 5.85. The third-order valence-corrected chi connectivity index (χ3v) is 5.21. The van der Waals surface area contributed by atoms with Crippen molar-refractivity contribution in [3.05, 3.63) is 29.6 Å². The fourth-order valence-corrected chi connectivity index (χ4v) is 3.89. The number of halogens is 1. The van der Waals surface area contributed by atoms with Gasteiger partial charge in [-0.3, -0.25) is 0 Å². The average Bonchev–Trinajstić information content (AvgIpc) is 2.98. The number of nitrogens with two attached hydrogens (primary N) is 1. The van der Waals surface area contributed by atoms with E-state index in [0.717, 1.165) is 37.2 Å². The fraction of sp³-hybridized carbons (Fsp3) is 0.647. The molecule has 1 aliphatic heterocycles. The highest BCUT2D eigenvalue weighted by molar-refractivity contribution is 5.50. The molecule has 0 bridgehead atoms. The SMILES string of the molecule is NCC1(c2ccc(N3CCCCC3)c(F)c2)CCCC1. The summed E-state index contributed by atoms with van der Waals surface area (Å²) in [7, 11) is 0. The van der Waals surface area contributed by atoms with Crippen LogP contribution in [0.3, 0.4) is 0 Å². The maximum absolute atomic E-state index is 14.5. The Hall–Kier alpha value is -1.09. The monoisotopic (exact) mass is 276 g/mol. The lowest BCUT2D eigenvalue weighted by molar-refractivity contribution is 0.449. The largest absolute Gasteiger partial charge is 0.369 e. The number of hydrogen-bond acceptors (Lipinski definition) is 2. The molecule has 0 aromatic heterocycles. The van der Waals surface area contributed by atoms with Crippen LogP contribution in [0.25, 0.3) is 0 Å². The summed E-state index contributed by atoms with van der Waals surface area (Å²) in [6.45, 7) is 2.60. The lowest BCUT2D eigenvalue weighted by Crippen LogP contribution is -2.33. The smallest absolute Gasteiger partial charge is 0.146 e. The Kier molecular flexibility index (Phi) is 3.97. The van der Waals surface area contributed by atoms with Crippen LogP contribution in [0, 0.1) is 5.82 Å². The van der Waals surface area contributed by atoms with E-state index < -0.39 is 0 Å². The summed E-state index contributed by atoms with van der Waals surface area (Å²) in [5, 5.41) is 0. The van der Waals surface area contributed by atoms with Crippen molar-refractivity contribution >= 4 is 5.69 Å². The van der Waals surface area contributed by atoms with Gasteiger partial charge in [-0.15, -0.1) is 0 Å². The van der Waals surface area contributed by atoms with E-state index >= 15 is 0 Å². The van der Waals surface area contributed by atoms with Crippen LogP contribution in [0.4, 0.5) is 10.1 Å². The normalized spacial score (nSPS) is 22.2. The Morgan fingerprint density at radius 3 is 2.35 bits per heavy atom. The zero-order chi connectivity index (χ0) is 14.0. The van der Waals surface area contributed by atoms with Gasteiger partial charge in [-0.05, 0) is 49.8 Å². The van der Waals surface area contributed by atoms with Gasteiger partial charge in [0.25, 0.3) is 0 Å². The first-order valence-electron chi connectivity index (χ1n) is 8.00. The van der Waals surface area contributed by atoms with Gasteiger partial charge in [-0.2, -0.15) is 0 Å². The maximum Gasteiger partial charge on any atom is 0.146 e. The van der Waals surface area contributed by atoms with E-state index in [0.29, 0.717) is 6.54 Å². The maximum atomic E-state index is 14.5. The van der Waals surface area contributed by atoms with Crippen LogP contribution < -0.4 is 10.6 Å². The first kappa shape index (κ1) is 13.9. The van der Waals surface area contributed by atoms with Gasteiger partial charge in [0.15, 0.2) is 0 Å². The molecule has 0 unspecified atom stereocenters. The van der Waals surface area contributed by atoms with Crippen LogP contribution in [0.5, 0.6) is 0 Å². The molecule has 3 rings (SSSR count). The van der Waals surface area contributed by atoms with Crippen molar-refractivity contribution in [2.75, 3.05) is 24.5 Å². The molecule has 1 saturated carbocycles. The van der Waals surface area contributed by atoms with Crippen molar-refractivity contribution in [2.45, 2.75) is 50.4 Å². The topological polar surface area (TPSA) is 29.3 Å². The minimum Gasteiger partial charge on any atom is -0.369 e. The second kappa shape index (κ2) is 5.72. The molecule has 0 spiro atoms. The Labute approximate surface area is 121 Å². The molecular weight excluding hydrogens is 251 g/mol. The summed E-state index contributed by atoms with van der Waals surface area (Å²) < 4.78 is 14.5. The van der Waals surface area contributed by atoms with E-state index in [1.807, 2.05) is 6.07 Å². The van der Waals surface area contributed by atoms with E-state index in [2.05, 4.69) is 11.0 Å². The lowest BCUT2D eigenvalue weighted by atomic mass is 9.79. The fourth-order valence-electron chi connectivity index (χ4n) is 3.89. The van der Waals surface area contributed by atoms with E-state index in [9.17, 15) is 4.39 Å². The summed E-state index contributed by atoms with van der Waals surface area (Å²) >= 11 is 0. The second-order valence-corrected chi connectivity index (χ2v) is 6.41. The van der Waals surface area contributed by atoms with Crippen LogP contribution in [0.15, 0.2) is 18.2 Å². The van der Waals surface area contributed by atoms with Crippen LogP contribution in [0.2, 0.25) is 0 Å². The second-order valence-electron chi connectivity index (χ2n) is 6.41. The molecular formula is C17H25FN2. The molecule has 0 amide bonds. The summed E-state index contributed by atoms with van der Waals surface area (Å²) in [4.78, 5) is 2.19. The van der Waals surface area contributed by atoms with Crippen molar-refractivity contribution in [1.82, 2.24) is 0 Å². The number of anilines is 1. The van der Waals surface area contributed by atoms with E-state index in [1.54, 1.807) is 6.07 Å². The van der Waals surface area contributed by atoms with E-state index in [4.69, 9.17) is 5.73 Å². The van der Waals surface area contributed by atoms with Gasteiger partial charge in [0.1, 0.15) is 5.82 Å². The van der Waals surface area contributed by atoms with Crippen LogP contribution >= 0.6 is 0 Å². The predicted octanol–water partition coefficient (Wildman–Crippen LogP) is 3.59. The predicted molar refractivity (Wildman–Crippen MR) is 81.7 cm³/mol. The molecule has 2 nitrogen and oxygen atoms in total. The van der Waals surface area contributed by atoms with E-state index in [-0.39, 0.29) is 11.2 Å². The number of rotatable bonds is 3. The van der Waals surface area contributed by atoms with Gasteiger partial charge in [-0.25, -0.2) is 4.39 Å². The molecule has 0 atom stereocenters. The highest BCUT2D eigenvalue weighted by atomic mass is 19.1. The molecule has 2 fully saturated rings.